The fourth-order valence-corrected chi connectivity index (χ4v) is 2.80. The number of nitrogens with one attached hydrogen (secondary N) is 1. The molecule has 1 amide bonds. The number of amides is 1. The summed E-state index contributed by atoms with van der Waals surface area (Å²) < 4.78 is 45.4. The Morgan fingerprint density at radius 2 is 2.00 bits per heavy atom. The highest BCUT2D eigenvalue weighted by Crippen LogP contribution is 2.22. The van der Waals surface area contributed by atoms with Gasteiger partial charge in [-0.15, -0.1) is 0 Å². The summed E-state index contributed by atoms with van der Waals surface area (Å²) in [6.07, 6.45) is -0.749. The number of ether oxygens (including phenoxy) is 1. The van der Waals surface area contributed by atoms with Gasteiger partial charge in [0.25, 0.3) is 6.43 Å². The molecule has 4 aromatic rings. The first kappa shape index (κ1) is 19.4. The van der Waals surface area contributed by atoms with Crippen LogP contribution >= 0.6 is 0 Å². The van der Waals surface area contributed by atoms with E-state index in [1.807, 2.05) is 0 Å². The average molecular weight is 413 g/mol. The third-order valence-electron chi connectivity index (χ3n) is 4.22. The fourth-order valence-electron chi connectivity index (χ4n) is 2.80. The predicted octanol–water partition coefficient (Wildman–Crippen LogP) is 4.62. The Bertz CT molecular complexity index is 1240. The molecule has 0 aliphatic rings. The van der Waals surface area contributed by atoms with Crippen LogP contribution in [-0.4, -0.2) is 25.7 Å². The summed E-state index contributed by atoms with van der Waals surface area (Å²) in [5.74, 6) is -0.0122. The molecule has 0 unspecified atom stereocenters. The van der Waals surface area contributed by atoms with Gasteiger partial charge in [0, 0.05) is 11.8 Å². The maximum atomic E-state index is 13.4. The van der Waals surface area contributed by atoms with Crippen molar-refractivity contribution in [3.8, 4) is 17.1 Å². The van der Waals surface area contributed by atoms with Crippen LogP contribution < -0.4 is 10.2 Å². The highest BCUT2D eigenvalue weighted by Gasteiger charge is 2.14. The lowest BCUT2D eigenvalue weighted by atomic mass is 10.2. The number of hydrogen-bond donors (Lipinski definition) is 1. The molecule has 0 atom stereocenters. The van der Waals surface area contributed by atoms with Crippen LogP contribution in [-0.2, 0) is 0 Å². The molecule has 0 bridgehead atoms. The fraction of sp³-hybridized carbons (Fsp3) is 0.100. The lowest BCUT2D eigenvalue weighted by Crippen LogP contribution is -2.25. The van der Waals surface area contributed by atoms with Gasteiger partial charge in [-0.3, -0.25) is 4.68 Å². The third-order valence-corrected chi connectivity index (χ3v) is 4.22. The van der Waals surface area contributed by atoms with Gasteiger partial charge < -0.3 is 4.74 Å². The normalized spacial score (nSPS) is 11.1. The zero-order valence-corrected chi connectivity index (χ0v) is 15.5. The topological polar surface area (TPSA) is 81.9 Å². The monoisotopic (exact) mass is 413 g/mol. The van der Waals surface area contributed by atoms with Crippen LogP contribution in [0.4, 0.5) is 18.0 Å². The number of aryl methyl sites for hydroxylation is 1. The molecule has 0 saturated heterocycles. The van der Waals surface area contributed by atoms with Gasteiger partial charge >= 0.3 is 6.09 Å². The lowest BCUT2D eigenvalue weighted by Gasteiger charge is -2.10. The molecular weight excluding hydrogens is 399 g/mol. The van der Waals surface area contributed by atoms with Crippen LogP contribution in [0.1, 0.15) is 17.8 Å². The Kier molecular flexibility index (Phi) is 5.05. The van der Waals surface area contributed by atoms with Crippen molar-refractivity contribution in [3.63, 3.8) is 0 Å². The number of aromatic nitrogens is 4. The van der Waals surface area contributed by atoms with E-state index in [2.05, 4.69) is 20.4 Å². The number of nitrogens with zero attached hydrogens (tertiary/aromatic N) is 4. The largest absolute Gasteiger partial charge is 0.432 e. The zero-order valence-electron chi connectivity index (χ0n) is 15.5. The first-order valence-electron chi connectivity index (χ1n) is 8.75. The number of carbonyl (C=O) groups excluding carboxylic acids is 1. The van der Waals surface area contributed by atoms with E-state index in [4.69, 9.17) is 4.74 Å². The molecule has 0 aliphatic heterocycles. The minimum absolute atomic E-state index is 0.113. The molecule has 30 heavy (non-hydrogen) atoms. The van der Waals surface area contributed by atoms with E-state index >= 15 is 0 Å². The number of fused-ring (bicyclic) bond motifs is 1. The van der Waals surface area contributed by atoms with E-state index in [0.29, 0.717) is 22.3 Å². The number of carbonyl (C=O) groups is 1. The van der Waals surface area contributed by atoms with Gasteiger partial charge in [-0.05, 0) is 37.3 Å². The van der Waals surface area contributed by atoms with Crippen LogP contribution in [0.15, 0.2) is 54.9 Å². The van der Waals surface area contributed by atoms with Crippen LogP contribution in [0, 0.1) is 12.7 Å². The molecule has 0 spiro atoms. The van der Waals surface area contributed by atoms with Crippen LogP contribution in [0.5, 0.6) is 5.75 Å². The summed E-state index contributed by atoms with van der Waals surface area (Å²) in [7, 11) is 0. The summed E-state index contributed by atoms with van der Waals surface area (Å²) >= 11 is 0. The number of halogens is 3. The second-order valence-electron chi connectivity index (χ2n) is 6.28. The van der Waals surface area contributed by atoms with Crippen LogP contribution in [0.25, 0.3) is 22.4 Å². The van der Waals surface area contributed by atoms with E-state index in [1.54, 1.807) is 19.1 Å². The van der Waals surface area contributed by atoms with Gasteiger partial charge in [-0.25, -0.2) is 38.3 Å². The molecule has 152 valence electrons. The zero-order chi connectivity index (χ0) is 21.3. The third kappa shape index (κ3) is 3.93. The van der Waals surface area contributed by atoms with Crippen molar-refractivity contribution in [2.24, 2.45) is 0 Å². The van der Waals surface area contributed by atoms with E-state index in [9.17, 15) is 18.0 Å². The highest BCUT2D eigenvalue weighted by atomic mass is 19.3. The van der Waals surface area contributed by atoms with E-state index < -0.39 is 18.3 Å². The second kappa shape index (κ2) is 7.82. The molecule has 1 aromatic carbocycles. The van der Waals surface area contributed by atoms with Gasteiger partial charge in [-0.1, -0.05) is 12.1 Å². The Hall–Kier alpha value is -3.95. The van der Waals surface area contributed by atoms with Gasteiger partial charge in [0.05, 0.1) is 22.9 Å². The van der Waals surface area contributed by atoms with Crippen molar-refractivity contribution < 1.29 is 22.7 Å². The summed E-state index contributed by atoms with van der Waals surface area (Å²) in [5.41, 5.74) is 3.70. The number of hydrogen-bond acceptors (Lipinski definition) is 5. The van der Waals surface area contributed by atoms with Crippen molar-refractivity contribution in [3.05, 3.63) is 72.1 Å². The lowest BCUT2D eigenvalue weighted by molar-refractivity contribution is 0.146. The molecule has 4 rings (SSSR count). The van der Waals surface area contributed by atoms with Crippen molar-refractivity contribution in [2.45, 2.75) is 13.3 Å². The average Bonchev–Trinajstić information content (AvgIpc) is 3.11. The molecule has 0 saturated carbocycles. The van der Waals surface area contributed by atoms with Gasteiger partial charge in [-0.2, -0.15) is 0 Å². The molecule has 0 radical (unpaired) electrons. The van der Waals surface area contributed by atoms with E-state index in [-0.39, 0.29) is 17.3 Å². The first-order valence-corrected chi connectivity index (χ1v) is 8.75. The Morgan fingerprint density at radius 3 is 2.73 bits per heavy atom. The molecule has 7 nitrogen and oxygen atoms in total. The van der Waals surface area contributed by atoms with Crippen molar-refractivity contribution in [2.75, 3.05) is 5.43 Å². The molecule has 10 heteroatoms. The van der Waals surface area contributed by atoms with Gasteiger partial charge in [0.1, 0.15) is 11.5 Å². The molecule has 3 aromatic heterocycles. The summed E-state index contributed by atoms with van der Waals surface area (Å²) in [5, 5.41) is 0. The number of rotatable bonds is 4. The SMILES string of the molecule is Cc1nc(-c2cccc(F)c2)ncc1OC(=O)Nn1ccc2nc(C(F)F)ccc21. The molecule has 0 aliphatic carbocycles. The minimum Gasteiger partial charge on any atom is -0.406 e. The predicted molar refractivity (Wildman–Crippen MR) is 102 cm³/mol. The maximum absolute atomic E-state index is 13.4. The van der Waals surface area contributed by atoms with Crippen molar-refractivity contribution in [1.29, 1.82) is 0 Å². The van der Waals surface area contributed by atoms with Crippen LogP contribution in [0.2, 0.25) is 0 Å². The Balaban J connectivity index is 1.50. The summed E-state index contributed by atoms with van der Waals surface area (Å²) in [6, 6.07) is 9.91. The smallest absolute Gasteiger partial charge is 0.406 e. The molecule has 3 heterocycles. The van der Waals surface area contributed by atoms with Gasteiger partial charge in [0.2, 0.25) is 0 Å². The Morgan fingerprint density at radius 1 is 1.17 bits per heavy atom. The molecule has 1 N–H and O–H groups in total. The molecular formula is C20H14F3N5O2. The van der Waals surface area contributed by atoms with E-state index in [0.717, 1.165) is 0 Å². The standard InChI is InChI=1S/C20H14F3N5O2/c1-11-17(10-24-19(25-11)12-3-2-4-13(21)9-12)30-20(29)27-28-8-7-14-16(28)6-5-15(26-14)18(22)23/h2-10,18H,1H3,(H,27,29). The number of pyridine rings is 1. The second-order valence-corrected chi connectivity index (χ2v) is 6.28. The maximum Gasteiger partial charge on any atom is 0.432 e. The van der Waals surface area contributed by atoms with Crippen LogP contribution in [0.3, 0.4) is 0 Å². The number of benzene rings is 1. The first-order chi connectivity index (χ1) is 14.4. The Labute approximate surface area is 168 Å². The quantitative estimate of drug-likeness (QED) is 0.528. The molecule has 0 fully saturated rings. The summed E-state index contributed by atoms with van der Waals surface area (Å²) in [6.45, 7) is 1.62. The van der Waals surface area contributed by atoms with Crippen molar-refractivity contribution >= 4 is 17.1 Å². The summed E-state index contributed by atoms with van der Waals surface area (Å²) in [4.78, 5) is 24.4. The van der Waals surface area contributed by atoms with Crippen molar-refractivity contribution in [1.82, 2.24) is 19.6 Å². The highest BCUT2D eigenvalue weighted by molar-refractivity contribution is 5.83. The number of alkyl halides is 2. The minimum atomic E-state index is -2.69. The van der Waals surface area contributed by atoms with E-state index in [1.165, 1.54) is 47.4 Å². The van der Waals surface area contributed by atoms with Gasteiger partial charge in [0.15, 0.2) is 11.6 Å².